The average Bonchev–Trinajstić information content (AvgIpc) is 3.09. The first-order chi connectivity index (χ1) is 13.7. The van der Waals surface area contributed by atoms with Crippen molar-refractivity contribution < 1.29 is 9.64 Å². The highest BCUT2D eigenvalue weighted by Gasteiger charge is 2.27. The molecule has 148 valence electrons. The summed E-state index contributed by atoms with van der Waals surface area (Å²) in [6.07, 6.45) is 1.99. The smallest absolute Gasteiger partial charge is 0.267 e. The summed E-state index contributed by atoms with van der Waals surface area (Å²) >= 11 is 3.36. The monoisotopic (exact) mass is 416 g/mol. The van der Waals surface area contributed by atoms with Crippen LogP contribution in [0.5, 0.6) is 5.75 Å². The lowest BCUT2D eigenvalue weighted by Gasteiger charge is -2.22. The molecule has 0 amide bonds. The number of thiophene rings is 1. The molecule has 0 aliphatic carbocycles. The Balaban J connectivity index is 1.94. The Morgan fingerprint density at radius 2 is 2.21 bits per heavy atom. The van der Waals surface area contributed by atoms with Crippen LogP contribution < -0.4 is 15.2 Å². The van der Waals surface area contributed by atoms with Gasteiger partial charge >= 0.3 is 0 Å². The molecule has 1 unspecified atom stereocenters. The van der Waals surface area contributed by atoms with E-state index in [9.17, 15) is 4.79 Å². The van der Waals surface area contributed by atoms with Crippen molar-refractivity contribution in [3.63, 3.8) is 0 Å². The zero-order valence-electron chi connectivity index (χ0n) is 16.6. The maximum atomic E-state index is 13.7. The number of nitrogens with zero attached hydrogens (tertiary/aromatic N) is 2. The first-order valence-corrected chi connectivity index (χ1v) is 11.6. The van der Waals surface area contributed by atoms with Gasteiger partial charge in [0.1, 0.15) is 17.1 Å². The van der Waals surface area contributed by atoms with E-state index >= 15 is 0 Å². The Morgan fingerprint density at radius 3 is 2.96 bits per heavy atom. The molecule has 0 fully saturated rings. The number of fused-ring (bicyclic) bond motifs is 3. The number of methoxy groups -OCH3 is 1. The van der Waals surface area contributed by atoms with Crippen LogP contribution in [-0.4, -0.2) is 35.5 Å². The van der Waals surface area contributed by atoms with E-state index in [4.69, 9.17) is 9.72 Å². The van der Waals surface area contributed by atoms with Crippen LogP contribution in [0.4, 0.5) is 0 Å². The summed E-state index contributed by atoms with van der Waals surface area (Å²) in [4.78, 5) is 22.4. The number of hydrogen-bond acceptors (Lipinski definition) is 5. The summed E-state index contributed by atoms with van der Waals surface area (Å²) in [5.41, 5.74) is 2.08. The second-order valence-electron chi connectivity index (χ2n) is 7.05. The number of hydrogen-bond donors (Lipinski definition) is 1. The van der Waals surface area contributed by atoms with Crippen molar-refractivity contribution in [2.75, 3.05) is 26.0 Å². The van der Waals surface area contributed by atoms with Crippen molar-refractivity contribution >= 4 is 33.3 Å². The van der Waals surface area contributed by atoms with E-state index in [0.717, 1.165) is 65.0 Å². The van der Waals surface area contributed by atoms with Gasteiger partial charge in [0.25, 0.3) is 5.56 Å². The van der Waals surface area contributed by atoms with Crippen molar-refractivity contribution in [2.45, 2.75) is 38.4 Å². The molecular formula is C21H26N3O2S2+. The third kappa shape index (κ3) is 3.47. The highest BCUT2D eigenvalue weighted by Crippen LogP contribution is 2.32. The SMILES string of the molecule is CCCSc1nc2sc3c(c2c(=O)n1-c1cccc(OC)c1)CC[NH+](CC)C3. The van der Waals surface area contributed by atoms with Gasteiger partial charge in [0.15, 0.2) is 5.16 Å². The zero-order valence-corrected chi connectivity index (χ0v) is 18.2. The molecule has 1 aliphatic rings. The van der Waals surface area contributed by atoms with Gasteiger partial charge in [-0.1, -0.05) is 24.8 Å². The lowest BCUT2D eigenvalue weighted by molar-refractivity contribution is -0.913. The summed E-state index contributed by atoms with van der Waals surface area (Å²) in [5, 5.41) is 1.59. The third-order valence-electron chi connectivity index (χ3n) is 5.26. The van der Waals surface area contributed by atoms with Gasteiger partial charge in [-0.15, -0.1) is 11.3 Å². The molecule has 0 saturated heterocycles. The van der Waals surface area contributed by atoms with Crippen LogP contribution in [0, 0.1) is 0 Å². The Hall–Kier alpha value is -1.83. The van der Waals surface area contributed by atoms with Gasteiger partial charge in [0, 0.05) is 18.2 Å². The average molecular weight is 417 g/mol. The molecule has 1 atom stereocenters. The molecule has 1 aromatic carbocycles. The van der Waals surface area contributed by atoms with E-state index in [0.29, 0.717) is 0 Å². The van der Waals surface area contributed by atoms with Crippen LogP contribution in [0.3, 0.4) is 0 Å². The Morgan fingerprint density at radius 1 is 1.36 bits per heavy atom. The number of nitrogens with one attached hydrogen (secondary N) is 1. The summed E-state index contributed by atoms with van der Waals surface area (Å²) < 4.78 is 7.16. The molecule has 28 heavy (non-hydrogen) atoms. The van der Waals surface area contributed by atoms with Crippen LogP contribution in [-0.2, 0) is 13.0 Å². The maximum Gasteiger partial charge on any atom is 0.267 e. The third-order valence-corrected chi connectivity index (χ3v) is 7.53. The summed E-state index contributed by atoms with van der Waals surface area (Å²) in [6.45, 7) is 7.57. The van der Waals surface area contributed by atoms with E-state index in [-0.39, 0.29) is 5.56 Å². The summed E-state index contributed by atoms with van der Waals surface area (Å²) in [7, 11) is 1.65. The largest absolute Gasteiger partial charge is 0.497 e. The highest BCUT2D eigenvalue weighted by molar-refractivity contribution is 7.99. The lowest BCUT2D eigenvalue weighted by atomic mass is 10.1. The summed E-state index contributed by atoms with van der Waals surface area (Å²) in [5.74, 6) is 1.67. The molecular weight excluding hydrogens is 390 g/mol. The molecule has 3 aromatic rings. The van der Waals surface area contributed by atoms with E-state index in [1.807, 2.05) is 24.3 Å². The number of benzene rings is 1. The number of quaternary nitrogens is 1. The van der Waals surface area contributed by atoms with Crippen LogP contribution in [0.1, 0.15) is 30.7 Å². The predicted octanol–water partition coefficient (Wildman–Crippen LogP) is 2.92. The predicted molar refractivity (Wildman–Crippen MR) is 117 cm³/mol. The van der Waals surface area contributed by atoms with Gasteiger partial charge in [-0.3, -0.25) is 9.36 Å². The van der Waals surface area contributed by atoms with Crippen LogP contribution in [0.2, 0.25) is 0 Å². The molecule has 1 N–H and O–H groups in total. The number of ether oxygens (including phenoxy) is 1. The van der Waals surface area contributed by atoms with Gasteiger partial charge in [-0.2, -0.15) is 0 Å². The maximum absolute atomic E-state index is 13.7. The van der Waals surface area contributed by atoms with Gasteiger partial charge in [-0.25, -0.2) is 4.98 Å². The molecule has 2 aromatic heterocycles. The van der Waals surface area contributed by atoms with E-state index in [1.165, 1.54) is 10.4 Å². The fraction of sp³-hybridized carbons (Fsp3) is 0.429. The zero-order chi connectivity index (χ0) is 19.7. The number of likely N-dealkylation sites (N-methyl/N-ethyl adjacent to an activating group) is 1. The number of aromatic nitrogens is 2. The standard InChI is InChI=1S/C21H25N3O2S2/c1-4-11-27-21-22-19-18(16-9-10-23(5-2)13-17(16)28-19)20(25)24(21)14-7-6-8-15(12-14)26-3/h6-8,12H,4-5,9-11,13H2,1-3H3/p+1. The fourth-order valence-corrected chi connectivity index (χ4v) is 5.93. The number of rotatable bonds is 6. The normalized spacial score (nSPS) is 16.3. The second-order valence-corrected chi connectivity index (χ2v) is 9.19. The molecule has 0 spiro atoms. The first kappa shape index (κ1) is 19.5. The van der Waals surface area contributed by atoms with E-state index < -0.39 is 0 Å². The minimum absolute atomic E-state index is 0.0503. The molecule has 3 heterocycles. The minimum Gasteiger partial charge on any atom is -0.497 e. The van der Waals surface area contributed by atoms with Gasteiger partial charge in [0.2, 0.25) is 0 Å². The lowest BCUT2D eigenvalue weighted by Crippen LogP contribution is -3.11. The van der Waals surface area contributed by atoms with Crippen molar-refractivity contribution in [1.82, 2.24) is 9.55 Å². The van der Waals surface area contributed by atoms with Crippen LogP contribution in [0.25, 0.3) is 15.9 Å². The highest BCUT2D eigenvalue weighted by atomic mass is 32.2. The molecule has 1 aliphatic heterocycles. The quantitative estimate of drug-likeness (QED) is 0.496. The second kappa shape index (κ2) is 8.27. The molecule has 0 radical (unpaired) electrons. The Labute approximate surface area is 173 Å². The van der Waals surface area contributed by atoms with Crippen LogP contribution in [0.15, 0.2) is 34.2 Å². The van der Waals surface area contributed by atoms with E-state index in [2.05, 4.69) is 13.8 Å². The van der Waals surface area contributed by atoms with Gasteiger partial charge in [0.05, 0.1) is 36.2 Å². The van der Waals surface area contributed by atoms with Crippen molar-refractivity contribution in [3.05, 3.63) is 45.1 Å². The molecule has 7 heteroatoms. The van der Waals surface area contributed by atoms with Gasteiger partial charge in [-0.05, 0) is 31.0 Å². The number of thioether (sulfide) groups is 1. The fourth-order valence-electron chi connectivity index (χ4n) is 3.73. The Bertz CT molecular complexity index is 1060. The van der Waals surface area contributed by atoms with Crippen molar-refractivity contribution in [2.24, 2.45) is 0 Å². The molecule has 5 nitrogen and oxygen atoms in total. The molecule has 4 rings (SSSR count). The van der Waals surface area contributed by atoms with E-state index in [1.54, 1.807) is 39.7 Å². The van der Waals surface area contributed by atoms with Gasteiger partial charge < -0.3 is 9.64 Å². The Kier molecular flexibility index (Phi) is 5.75. The van der Waals surface area contributed by atoms with Crippen LogP contribution >= 0.6 is 23.1 Å². The van der Waals surface area contributed by atoms with Crippen molar-refractivity contribution in [3.8, 4) is 11.4 Å². The minimum atomic E-state index is 0.0503. The summed E-state index contributed by atoms with van der Waals surface area (Å²) in [6, 6.07) is 7.68. The molecule has 0 saturated carbocycles. The first-order valence-electron chi connectivity index (χ1n) is 9.84. The topological polar surface area (TPSA) is 48.6 Å². The van der Waals surface area contributed by atoms with Crippen molar-refractivity contribution in [1.29, 1.82) is 0 Å². The molecule has 0 bridgehead atoms.